The average molecular weight is 225 g/mol. The molecule has 0 fully saturated rings. The monoisotopic (exact) mass is 224 g/mol. The standard InChI is InChI=1S/C11H7ClFNO/c12-10-6-8(13)3-4-11(10)15-9-2-1-5-14-7-9/h1-7H/p+1. The van der Waals surface area contributed by atoms with Crippen molar-refractivity contribution in [2.45, 2.75) is 0 Å². The van der Waals surface area contributed by atoms with Crippen LogP contribution in [0.2, 0.25) is 5.02 Å². The predicted octanol–water partition coefficient (Wildman–Crippen LogP) is 3.09. The number of H-pyrrole nitrogens is 1. The number of aromatic amines is 1. The quantitative estimate of drug-likeness (QED) is 0.769. The highest BCUT2D eigenvalue weighted by Gasteiger charge is 2.05. The summed E-state index contributed by atoms with van der Waals surface area (Å²) in [7, 11) is 0. The first-order valence-corrected chi connectivity index (χ1v) is 4.72. The highest BCUT2D eigenvalue weighted by Crippen LogP contribution is 2.28. The lowest BCUT2D eigenvalue weighted by Gasteiger charge is -2.04. The molecule has 1 N–H and O–H groups in total. The van der Waals surface area contributed by atoms with E-state index >= 15 is 0 Å². The SMILES string of the molecule is Fc1ccc(Oc2ccc[nH+]c2)c(Cl)c1. The van der Waals surface area contributed by atoms with E-state index in [1.165, 1.54) is 18.2 Å². The van der Waals surface area contributed by atoms with E-state index in [1.54, 1.807) is 24.5 Å². The maximum absolute atomic E-state index is 12.7. The van der Waals surface area contributed by atoms with Gasteiger partial charge in [0.2, 0.25) is 6.20 Å². The van der Waals surface area contributed by atoms with Crippen LogP contribution < -0.4 is 9.72 Å². The summed E-state index contributed by atoms with van der Waals surface area (Å²) in [6.07, 6.45) is 3.44. The molecule has 4 heteroatoms. The molecule has 0 aliphatic heterocycles. The molecule has 2 rings (SSSR count). The fourth-order valence-electron chi connectivity index (χ4n) is 1.13. The molecular formula is C11H8ClFNO+. The van der Waals surface area contributed by atoms with Crippen LogP contribution in [0.5, 0.6) is 11.5 Å². The van der Waals surface area contributed by atoms with Crippen LogP contribution in [-0.4, -0.2) is 0 Å². The summed E-state index contributed by atoms with van der Waals surface area (Å²) in [5.41, 5.74) is 0. The number of ether oxygens (including phenoxy) is 1. The van der Waals surface area contributed by atoms with Crippen LogP contribution in [0.3, 0.4) is 0 Å². The molecule has 1 aromatic carbocycles. The molecule has 1 heterocycles. The van der Waals surface area contributed by atoms with E-state index < -0.39 is 0 Å². The summed E-state index contributed by atoms with van der Waals surface area (Å²) in [6, 6.07) is 7.57. The van der Waals surface area contributed by atoms with E-state index in [1.807, 2.05) is 0 Å². The minimum absolute atomic E-state index is 0.249. The smallest absolute Gasteiger partial charge is 0.210 e. The molecule has 0 aliphatic carbocycles. The topological polar surface area (TPSA) is 23.4 Å². The molecule has 0 saturated heterocycles. The Bertz CT molecular complexity index is 461. The predicted molar refractivity (Wildman–Crippen MR) is 54.5 cm³/mol. The van der Waals surface area contributed by atoms with Crippen LogP contribution in [0.15, 0.2) is 42.7 Å². The third-order valence-corrected chi connectivity index (χ3v) is 2.10. The van der Waals surface area contributed by atoms with Gasteiger partial charge in [0.05, 0.1) is 5.02 Å². The molecule has 2 nitrogen and oxygen atoms in total. The fraction of sp³-hybridized carbons (Fsp3) is 0. The fourth-order valence-corrected chi connectivity index (χ4v) is 1.33. The van der Waals surface area contributed by atoms with Crippen LogP contribution in [0.4, 0.5) is 4.39 Å². The number of pyridine rings is 1. The largest absolute Gasteiger partial charge is 0.450 e. The normalized spacial score (nSPS) is 10.0. The molecule has 0 aliphatic rings. The Kier molecular flexibility index (Phi) is 2.83. The highest BCUT2D eigenvalue weighted by atomic mass is 35.5. The van der Waals surface area contributed by atoms with Crippen molar-refractivity contribution >= 4 is 11.6 Å². The van der Waals surface area contributed by atoms with E-state index in [0.717, 1.165) is 0 Å². The van der Waals surface area contributed by atoms with Crippen molar-refractivity contribution < 1.29 is 14.1 Å². The van der Waals surface area contributed by atoms with Crippen LogP contribution in [0, 0.1) is 5.82 Å². The third-order valence-electron chi connectivity index (χ3n) is 1.80. The molecule has 0 spiro atoms. The van der Waals surface area contributed by atoms with Crippen LogP contribution >= 0.6 is 11.6 Å². The maximum atomic E-state index is 12.7. The first-order valence-electron chi connectivity index (χ1n) is 4.35. The average Bonchev–Trinajstić information content (AvgIpc) is 2.24. The summed E-state index contributed by atoms with van der Waals surface area (Å²) in [4.78, 5) is 2.87. The molecule has 0 saturated carbocycles. The molecular weight excluding hydrogens is 217 g/mol. The van der Waals surface area contributed by atoms with Crippen molar-refractivity contribution in [1.82, 2.24) is 0 Å². The Morgan fingerprint density at radius 2 is 2.13 bits per heavy atom. The number of benzene rings is 1. The lowest BCUT2D eigenvalue weighted by Crippen LogP contribution is -1.98. The van der Waals surface area contributed by atoms with E-state index in [2.05, 4.69) is 4.98 Å². The van der Waals surface area contributed by atoms with Crippen molar-refractivity contribution in [2.24, 2.45) is 0 Å². The Morgan fingerprint density at radius 1 is 1.27 bits per heavy atom. The van der Waals surface area contributed by atoms with Crippen LogP contribution in [-0.2, 0) is 0 Å². The van der Waals surface area contributed by atoms with Gasteiger partial charge in [-0.2, -0.15) is 0 Å². The summed E-state index contributed by atoms with van der Waals surface area (Å²) in [5, 5.41) is 0.249. The summed E-state index contributed by atoms with van der Waals surface area (Å²) >= 11 is 5.80. The second-order valence-electron chi connectivity index (χ2n) is 2.92. The van der Waals surface area contributed by atoms with Gasteiger partial charge >= 0.3 is 0 Å². The van der Waals surface area contributed by atoms with Gasteiger partial charge in [0, 0.05) is 6.07 Å². The molecule has 2 aromatic rings. The van der Waals surface area contributed by atoms with E-state index in [-0.39, 0.29) is 10.8 Å². The number of hydrogen-bond acceptors (Lipinski definition) is 1. The third kappa shape index (κ3) is 2.44. The van der Waals surface area contributed by atoms with Crippen LogP contribution in [0.25, 0.3) is 0 Å². The molecule has 1 aromatic heterocycles. The first kappa shape index (κ1) is 9.93. The number of aromatic nitrogens is 1. The van der Waals surface area contributed by atoms with Gasteiger partial charge in [-0.05, 0) is 24.3 Å². The summed E-state index contributed by atoms with van der Waals surface area (Å²) in [6.45, 7) is 0. The number of nitrogens with one attached hydrogen (secondary N) is 1. The molecule has 0 unspecified atom stereocenters. The zero-order valence-corrected chi connectivity index (χ0v) is 8.46. The van der Waals surface area contributed by atoms with Gasteiger partial charge in [0.1, 0.15) is 11.6 Å². The van der Waals surface area contributed by atoms with Gasteiger partial charge in [0.25, 0.3) is 0 Å². The Balaban J connectivity index is 2.25. The van der Waals surface area contributed by atoms with Gasteiger partial charge in [-0.1, -0.05) is 11.6 Å². The van der Waals surface area contributed by atoms with Gasteiger partial charge < -0.3 is 4.74 Å². The second kappa shape index (κ2) is 4.28. The lowest BCUT2D eigenvalue weighted by atomic mass is 10.3. The lowest BCUT2D eigenvalue weighted by molar-refractivity contribution is -0.378. The molecule has 0 amide bonds. The number of halogens is 2. The Hall–Kier alpha value is -1.61. The van der Waals surface area contributed by atoms with Gasteiger partial charge in [-0.3, -0.25) is 0 Å². The van der Waals surface area contributed by atoms with Gasteiger partial charge in [0.15, 0.2) is 11.9 Å². The summed E-state index contributed by atoms with van der Waals surface area (Å²) in [5.74, 6) is 0.663. The van der Waals surface area contributed by atoms with Gasteiger partial charge in [-0.25, -0.2) is 9.37 Å². The van der Waals surface area contributed by atoms with Crippen LogP contribution in [0.1, 0.15) is 0 Å². The van der Waals surface area contributed by atoms with Crippen molar-refractivity contribution in [2.75, 3.05) is 0 Å². The number of hydrogen-bond donors (Lipinski definition) is 0. The first-order chi connectivity index (χ1) is 7.25. The van der Waals surface area contributed by atoms with E-state index in [0.29, 0.717) is 11.5 Å². The number of rotatable bonds is 2. The van der Waals surface area contributed by atoms with Gasteiger partial charge in [-0.15, -0.1) is 0 Å². The van der Waals surface area contributed by atoms with Crippen molar-refractivity contribution in [3.63, 3.8) is 0 Å². The summed E-state index contributed by atoms with van der Waals surface area (Å²) < 4.78 is 18.2. The van der Waals surface area contributed by atoms with Crippen molar-refractivity contribution in [1.29, 1.82) is 0 Å². The highest BCUT2D eigenvalue weighted by molar-refractivity contribution is 6.32. The minimum Gasteiger partial charge on any atom is -0.450 e. The molecule has 76 valence electrons. The molecule has 0 atom stereocenters. The maximum Gasteiger partial charge on any atom is 0.210 e. The zero-order valence-electron chi connectivity index (χ0n) is 7.71. The molecule has 0 radical (unpaired) electrons. The van der Waals surface area contributed by atoms with Crippen molar-refractivity contribution in [3.8, 4) is 11.5 Å². The molecule has 0 bridgehead atoms. The minimum atomic E-state index is -0.382. The van der Waals surface area contributed by atoms with Crippen molar-refractivity contribution in [3.05, 3.63) is 53.6 Å². The second-order valence-corrected chi connectivity index (χ2v) is 3.32. The Labute approximate surface area is 91.3 Å². The molecule has 15 heavy (non-hydrogen) atoms. The van der Waals surface area contributed by atoms with E-state index in [4.69, 9.17) is 16.3 Å². The Morgan fingerprint density at radius 3 is 2.80 bits per heavy atom. The van der Waals surface area contributed by atoms with E-state index in [9.17, 15) is 4.39 Å². The zero-order chi connectivity index (χ0) is 10.7.